The first-order valence-electron chi connectivity index (χ1n) is 4.37. The van der Waals surface area contributed by atoms with Crippen molar-refractivity contribution in [1.29, 1.82) is 0 Å². The Kier molecular flexibility index (Phi) is 3.86. The fourth-order valence-electron chi connectivity index (χ4n) is 1.09. The molecule has 0 aliphatic carbocycles. The molecule has 0 fully saturated rings. The van der Waals surface area contributed by atoms with E-state index in [4.69, 9.17) is 0 Å². The molecule has 0 aromatic carbocycles. The Morgan fingerprint density at radius 3 is 2.59 bits per heavy atom. The van der Waals surface area contributed by atoms with E-state index in [1.165, 1.54) is 12.3 Å². The van der Waals surface area contributed by atoms with Crippen LogP contribution in [-0.4, -0.2) is 13.4 Å². The summed E-state index contributed by atoms with van der Waals surface area (Å²) in [5.41, 5.74) is 0. The van der Waals surface area contributed by atoms with Gasteiger partial charge >= 0.3 is 0 Å². The molecule has 0 unspecified atom stereocenters. The molecule has 1 N–H and O–H groups in total. The molecule has 0 atom stereocenters. The Balaban J connectivity index is 2.29. The minimum absolute atomic E-state index is 0.242. The number of anilines is 1. The van der Waals surface area contributed by atoms with Gasteiger partial charge in [-0.3, -0.25) is 4.72 Å². The maximum Gasteiger partial charge on any atom is 0.272 e. The lowest BCUT2D eigenvalue weighted by molar-refractivity contribution is 0.603. The topological polar surface area (TPSA) is 59.1 Å². The standard InChI is InChI=1S/C9H6Br2N2O2S2/c10-6-3-4-12-8(5-6)13-17(14,15)9-2-1-7(11)16-9/h1-5H,(H,12,13). The van der Waals surface area contributed by atoms with Crippen molar-refractivity contribution in [3.8, 4) is 0 Å². The van der Waals surface area contributed by atoms with E-state index in [0.29, 0.717) is 0 Å². The number of aromatic nitrogens is 1. The van der Waals surface area contributed by atoms with Crippen LogP contribution in [0.4, 0.5) is 5.82 Å². The summed E-state index contributed by atoms with van der Waals surface area (Å²) in [7, 11) is -3.55. The fourth-order valence-corrected chi connectivity index (χ4v) is 4.43. The lowest BCUT2D eigenvalue weighted by Gasteiger charge is -2.04. The van der Waals surface area contributed by atoms with Crippen molar-refractivity contribution < 1.29 is 8.42 Å². The van der Waals surface area contributed by atoms with Crippen molar-refractivity contribution in [3.05, 3.63) is 38.7 Å². The maximum absolute atomic E-state index is 11.9. The molecule has 2 heterocycles. The highest BCUT2D eigenvalue weighted by atomic mass is 79.9. The molecule has 0 saturated heterocycles. The van der Waals surface area contributed by atoms with Crippen LogP contribution in [0.15, 0.2) is 42.9 Å². The summed E-state index contributed by atoms with van der Waals surface area (Å²) in [6, 6.07) is 6.54. The van der Waals surface area contributed by atoms with Gasteiger partial charge in [-0.1, -0.05) is 15.9 Å². The van der Waals surface area contributed by atoms with Crippen molar-refractivity contribution in [2.45, 2.75) is 4.21 Å². The highest BCUT2D eigenvalue weighted by molar-refractivity contribution is 9.11. The van der Waals surface area contributed by atoms with E-state index in [9.17, 15) is 8.42 Å². The van der Waals surface area contributed by atoms with E-state index >= 15 is 0 Å². The van der Waals surface area contributed by atoms with Crippen molar-refractivity contribution in [2.75, 3.05) is 4.72 Å². The average Bonchev–Trinajstić information content (AvgIpc) is 2.65. The molecule has 8 heteroatoms. The fraction of sp³-hybridized carbons (Fsp3) is 0. The smallest absolute Gasteiger partial charge is 0.263 e. The molecule has 2 rings (SSSR count). The maximum atomic E-state index is 11.9. The molecule has 0 bridgehead atoms. The van der Waals surface area contributed by atoms with Crippen LogP contribution < -0.4 is 4.72 Å². The number of rotatable bonds is 3. The second-order valence-electron chi connectivity index (χ2n) is 3.02. The van der Waals surface area contributed by atoms with Gasteiger partial charge in [-0.25, -0.2) is 13.4 Å². The van der Waals surface area contributed by atoms with Gasteiger partial charge in [0.15, 0.2) is 0 Å². The normalized spacial score (nSPS) is 11.4. The second kappa shape index (κ2) is 5.05. The summed E-state index contributed by atoms with van der Waals surface area (Å²) in [5.74, 6) is 0.281. The number of nitrogens with zero attached hydrogens (tertiary/aromatic N) is 1. The molecule has 0 amide bonds. The number of hydrogen-bond donors (Lipinski definition) is 1. The van der Waals surface area contributed by atoms with Crippen LogP contribution in [0, 0.1) is 0 Å². The summed E-state index contributed by atoms with van der Waals surface area (Å²) >= 11 is 7.62. The van der Waals surface area contributed by atoms with Crippen LogP contribution in [0.1, 0.15) is 0 Å². The number of halogens is 2. The molecule has 0 aliphatic heterocycles. The van der Waals surface area contributed by atoms with Crippen molar-refractivity contribution in [1.82, 2.24) is 4.98 Å². The molecule has 90 valence electrons. The summed E-state index contributed by atoms with van der Waals surface area (Å²) in [6.45, 7) is 0. The lowest BCUT2D eigenvalue weighted by Crippen LogP contribution is -2.12. The van der Waals surface area contributed by atoms with Crippen LogP contribution in [0.5, 0.6) is 0 Å². The quantitative estimate of drug-likeness (QED) is 0.862. The first kappa shape index (κ1) is 13.0. The van der Waals surface area contributed by atoms with Gasteiger partial charge in [-0.15, -0.1) is 11.3 Å². The van der Waals surface area contributed by atoms with Crippen LogP contribution >= 0.6 is 43.2 Å². The number of sulfonamides is 1. The molecule has 0 radical (unpaired) electrons. The molecule has 0 saturated carbocycles. The Bertz CT molecular complexity index is 640. The first-order valence-corrected chi connectivity index (χ1v) is 8.26. The predicted octanol–water partition coefficient (Wildman–Crippen LogP) is 3.47. The highest BCUT2D eigenvalue weighted by Crippen LogP contribution is 2.27. The van der Waals surface area contributed by atoms with Crippen LogP contribution in [0.3, 0.4) is 0 Å². The number of pyridine rings is 1. The van der Waals surface area contributed by atoms with Gasteiger partial charge < -0.3 is 0 Å². The summed E-state index contributed by atoms with van der Waals surface area (Å²) in [6.07, 6.45) is 1.52. The zero-order chi connectivity index (χ0) is 12.5. The van der Waals surface area contributed by atoms with E-state index in [1.54, 1.807) is 18.2 Å². The highest BCUT2D eigenvalue weighted by Gasteiger charge is 2.17. The molecular weight excluding hydrogens is 392 g/mol. The Morgan fingerprint density at radius 1 is 1.24 bits per heavy atom. The second-order valence-corrected chi connectivity index (χ2v) is 8.31. The van der Waals surface area contributed by atoms with Gasteiger partial charge in [0.05, 0.1) is 3.79 Å². The monoisotopic (exact) mass is 396 g/mol. The van der Waals surface area contributed by atoms with Gasteiger partial charge in [0, 0.05) is 10.7 Å². The minimum atomic E-state index is -3.55. The van der Waals surface area contributed by atoms with Gasteiger partial charge in [0.25, 0.3) is 10.0 Å². The molecular formula is C9H6Br2N2O2S2. The first-order chi connectivity index (χ1) is 7.97. The molecule has 17 heavy (non-hydrogen) atoms. The van der Waals surface area contributed by atoms with Crippen LogP contribution in [0.25, 0.3) is 0 Å². The Hall–Kier alpha value is -0.440. The zero-order valence-electron chi connectivity index (χ0n) is 8.22. The van der Waals surface area contributed by atoms with Crippen molar-refractivity contribution in [3.63, 3.8) is 0 Å². The van der Waals surface area contributed by atoms with E-state index in [1.807, 2.05) is 0 Å². The summed E-state index contributed by atoms with van der Waals surface area (Å²) < 4.78 is 28.1. The SMILES string of the molecule is O=S(=O)(Nc1cc(Br)ccn1)c1ccc(Br)s1. The van der Waals surface area contributed by atoms with Crippen LogP contribution in [-0.2, 0) is 10.0 Å². The van der Waals surface area contributed by atoms with E-state index in [-0.39, 0.29) is 10.0 Å². The molecule has 4 nitrogen and oxygen atoms in total. The largest absolute Gasteiger partial charge is 0.272 e. The molecule has 0 spiro atoms. The third-order valence-corrected chi connectivity index (χ3v) is 5.74. The number of hydrogen-bond acceptors (Lipinski definition) is 4. The van der Waals surface area contributed by atoms with Gasteiger partial charge in [0.2, 0.25) is 0 Å². The summed E-state index contributed by atoms with van der Waals surface area (Å²) in [4.78, 5) is 3.93. The van der Waals surface area contributed by atoms with Gasteiger partial charge in [-0.05, 0) is 40.2 Å². The van der Waals surface area contributed by atoms with Crippen LogP contribution in [0.2, 0.25) is 0 Å². The van der Waals surface area contributed by atoms with E-state index in [2.05, 4.69) is 41.6 Å². The molecule has 2 aromatic heterocycles. The third kappa shape index (κ3) is 3.27. The third-order valence-electron chi connectivity index (χ3n) is 1.77. The van der Waals surface area contributed by atoms with E-state index in [0.717, 1.165) is 19.6 Å². The van der Waals surface area contributed by atoms with Gasteiger partial charge in [-0.2, -0.15) is 0 Å². The lowest BCUT2D eigenvalue weighted by atomic mass is 10.5. The Morgan fingerprint density at radius 2 is 2.00 bits per heavy atom. The molecule has 0 aliphatic rings. The zero-order valence-corrected chi connectivity index (χ0v) is 13.0. The average molecular weight is 398 g/mol. The summed E-state index contributed by atoms with van der Waals surface area (Å²) in [5, 5.41) is 0. The number of nitrogens with one attached hydrogen (secondary N) is 1. The van der Waals surface area contributed by atoms with Crippen molar-refractivity contribution in [2.24, 2.45) is 0 Å². The molecule has 2 aromatic rings. The predicted molar refractivity (Wildman–Crippen MR) is 74.8 cm³/mol. The van der Waals surface area contributed by atoms with Crippen molar-refractivity contribution >= 4 is 59.0 Å². The number of thiophene rings is 1. The Labute approximate surface area is 119 Å². The van der Waals surface area contributed by atoms with Gasteiger partial charge in [0.1, 0.15) is 10.0 Å². The van der Waals surface area contributed by atoms with E-state index < -0.39 is 10.0 Å². The minimum Gasteiger partial charge on any atom is -0.263 e.